The van der Waals surface area contributed by atoms with Crippen LogP contribution < -0.4 is 15.0 Å². The minimum atomic E-state index is -4.58. The number of carbonyl (C=O) groups excluding carboxylic acids is 1. The second kappa shape index (κ2) is 12.3. The zero-order valence-corrected chi connectivity index (χ0v) is 23.9. The van der Waals surface area contributed by atoms with Gasteiger partial charge in [0.25, 0.3) is 0 Å². The van der Waals surface area contributed by atoms with Gasteiger partial charge in [-0.2, -0.15) is 13.2 Å². The van der Waals surface area contributed by atoms with Crippen LogP contribution >= 0.6 is 0 Å². The fourth-order valence-corrected chi connectivity index (χ4v) is 4.41. The van der Waals surface area contributed by atoms with Gasteiger partial charge in [0, 0.05) is 13.0 Å². The van der Waals surface area contributed by atoms with E-state index in [0.29, 0.717) is 28.1 Å². The van der Waals surface area contributed by atoms with Gasteiger partial charge in [-0.05, 0) is 50.0 Å². The Morgan fingerprint density at radius 3 is 2.59 bits per heavy atom. The van der Waals surface area contributed by atoms with Crippen molar-refractivity contribution in [3.63, 3.8) is 0 Å². The number of aryl methyl sites for hydroxylation is 1. The van der Waals surface area contributed by atoms with Crippen LogP contribution in [0.2, 0.25) is 0 Å². The Kier molecular flexibility index (Phi) is 9.07. The molecule has 0 aliphatic heterocycles. The molecule has 218 valence electrons. The second-order valence-corrected chi connectivity index (χ2v) is 10.8. The quantitative estimate of drug-likeness (QED) is 0.161. The number of aromatic nitrogens is 5. The van der Waals surface area contributed by atoms with Crippen LogP contribution in [-0.4, -0.2) is 74.2 Å². The molecule has 0 saturated heterocycles. The number of anilines is 1. The van der Waals surface area contributed by atoms with Gasteiger partial charge in [0.15, 0.2) is 28.7 Å². The van der Waals surface area contributed by atoms with E-state index in [4.69, 9.17) is 4.74 Å². The molecule has 0 spiro atoms. The zero-order chi connectivity index (χ0) is 29.9. The van der Waals surface area contributed by atoms with E-state index in [0.717, 1.165) is 24.7 Å². The van der Waals surface area contributed by atoms with Crippen LogP contribution in [0.5, 0.6) is 5.88 Å². The van der Waals surface area contributed by atoms with Gasteiger partial charge in [-0.1, -0.05) is 0 Å². The molecule has 1 N–H and O–H groups in total. The number of aldehydes is 1. The lowest BCUT2D eigenvalue weighted by atomic mass is 10.1. The van der Waals surface area contributed by atoms with Crippen molar-refractivity contribution in [3.05, 3.63) is 41.7 Å². The molecule has 1 aliphatic carbocycles. The first-order valence-electron chi connectivity index (χ1n) is 12.6. The molecule has 1 fully saturated rings. The molecule has 1 saturated carbocycles. The maximum Gasteiger partial charge on any atom is 0.408 e. The number of amidine groups is 1. The molecule has 11 nitrogen and oxygen atoms in total. The number of rotatable bonds is 10. The van der Waals surface area contributed by atoms with Gasteiger partial charge in [0.1, 0.15) is 29.9 Å². The van der Waals surface area contributed by atoms with Crippen LogP contribution in [0.25, 0.3) is 11.4 Å². The van der Waals surface area contributed by atoms with Gasteiger partial charge in [0.05, 0.1) is 36.9 Å². The molecule has 41 heavy (non-hydrogen) atoms. The van der Waals surface area contributed by atoms with Gasteiger partial charge in [-0.25, -0.2) is 24.9 Å². The van der Waals surface area contributed by atoms with Crippen LogP contribution in [-0.2, 0) is 22.5 Å². The number of pyridine rings is 1. The number of hydrogen-bond donors (Lipinski definition) is 1. The molecule has 0 radical (unpaired) electrons. The minimum Gasteiger partial charge on any atom is -0.612 e. The highest BCUT2D eigenvalue weighted by Gasteiger charge is 2.40. The first-order valence-corrected chi connectivity index (χ1v) is 14.1. The second-order valence-electron chi connectivity index (χ2n) is 9.46. The van der Waals surface area contributed by atoms with E-state index in [2.05, 4.69) is 35.2 Å². The minimum absolute atomic E-state index is 0.0181. The van der Waals surface area contributed by atoms with Crippen LogP contribution in [0, 0.1) is 6.92 Å². The summed E-state index contributed by atoms with van der Waals surface area (Å²) >= 11 is -1.19. The molecule has 2 atom stereocenters. The molecule has 0 bridgehead atoms. The van der Waals surface area contributed by atoms with Crippen molar-refractivity contribution in [2.24, 2.45) is 4.99 Å². The molecule has 4 rings (SSSR count). The molecule has 0 amide bonds. The van der Waals surface area contributed by atoms with E-state index in [-0.39, 0.29) is 47.2 Å². The number of nitrogens with one attached hydrogen (secondary N) is 1. The molecular weight excluding hydrogens is 561 g/mol. The average Bonchev–Trinajstić information content (AvgIpc) is 3.80. The molecular formula is C26H29F3N8O3S. The third kappa shape index (κ3) is 6.90. The molecule has 3 aromatic rings. The lowest BCUT2D eigenvalue weighted by molar-refractivity contribution is -0.144. The highest BCUT2D eigenvalue weighted by Crippen LogP contribution is 2.46. The van der Waals surface area contributed by atoms with Gasteiger partial charge in [-0.3, -0.25) is 9.78 Å². The molecule has 1 aliphatic rings. The van der Waals surface area contributed by atoms with Gasteiger partial charge < -0.3 is 19.5 Å². The summed E-state index contributed by atoms with van der Waals surface area (Å²) in [4.78, 5) is 39.6. The van der Waals surface area contributed by atoms with Crippen LogP contribution in [0.15, 0.2) is 34.5 Å². The summed E-state index contributed by atoms with van der Waals surface area (Å²) in [6.07, 6.45) is 2.02. The van der Waals surface area contributed by atoms with E-state index in [1.54, 1.807) is 19.1 Å². The third-order valence-electron chi connectivity index (χ3n) is 6.58. The maximum absolute atomic E-state index is 13.8. The van der Waals surface area contributed by atoms with E-state index >= 15 is 0 Å². The number of carbonyl (C=O) groups is 1. The summed E-state index contributed by atoms with van der Waals surface area (Å²) in [7, 11) is 2.68. The number of halogens is 3. The number of methoxy groups -OCH3 is 1. The standard InChI is InChI=1S/C26H29F3N8O3S/c1-14-21(35-19(12-38)31-10-17-8-9-18(11-30-17)41(5)39)24(37(3)15(2)26(27,28)29)36-23(34-14)20-22(16-6-7-16)32-13-33-25(20)40-4/h8-9,11-13,15-16H,6-7,10H2,1-5H3,(H,31,35). The summed E-state index contributed by atoms with van der Waals surface area (Å²) in [5.41, 5.74) is 1.81. The predicted octanol–water partition coefficient (Wildman–Crippen LogP) is 3.67. The Bertz CT molecular complexity index is 1430. The molecule has 3 aromatic heterocycles. The smallest absolute Gasteiger partial charge is 0.408 e. The number of hydrogen-bond acceptors (Lipinski definition) is 10. The summed E-state index contributed by atoms with van der Waals surface area (Å²) in [5.74, 6) is 0.137. The normalized spacial score (nSPS) is 15.3. The van der Waals surface area contributed by atoms with Crippen molar-refractivity contribution in [2.45, 2.75) is 56.3 Å². The van der Waals surface area contributed by atoms with Crippen molar-refractivity contribution in [1.82, 2.24) is 30.2 Å². The van der Waals surface area contributed by atoms with Crippen molar-refractivity contribution in [2.75, 3.05) is 25.3 Å². The van der Waals surface area contributed by atoms with E-state index < -0.39 is 23.4 Å². The summed E-state index contributed by atoms with van der Waals surface area (Å²) < 4.78 is 58.4. The van der Waals surface area contributed by atoms with Gasteiger partial charge in [-0.15, -0.1) is 0 Å². The highest BCUT2D eigenvalue weighted by molar-refractivity contribution is 7.90. The Morgan fingerprint density at radius 1 is 1.29 bits per heavy atom. The maximum atomic E-state index is 13.8. The Balaban J connectivity index is 1.78. The molecule has 0 aromatic carbocycles. The van der Waals surface area contributed by atoms with Crippen molar-refractivity contribution in [3.8, 4) is 17.3 Å². The number of aliphatic imine (C=N–C) groups is 1. The van der Waals surface area contributed by atoms with Crippen LogP contribution in [0.1, 0.15) is 42.8 Å². The monoisotopic (exact) mass is 590 g/mol. The SMILES string of the molecule is COc1ncnc(C2CC2)c1-c1nc(C)c(/N=C(\C=O)NCc2ccc([S+](C)[O-])cn2)c(N(C)C(C)C(F)(F)F)n1. The molecule has 15 heteroatoms. The number of ether oxygens (including phenoxy) is 1. The first-order chi connectivity index (χ1) is 19.4. The van der Waals surface area contributed by atoms with Crippen molar-refractivity contribution >= 4 is 34.8 Å². The lowest BCUT2D eigenvalue weighted by Crippen LogP contribution is -2.41. The Labute approximate surface area is 237 Å². The predicted molar refractivity (Wildman–Crippen MR) is 147 cm³/mol. The van der Waals surface area contributed by atoms with Crippen molar-refractivity contribution < 1.29 is 27.3 Å². The van der Waals surface area contributed by atoms with Crippen LogP contribution in [0.4, 0.5) is 24.7 Å². The topological polar surface area (TPSA) is 141 Å². The van der Waals surface area contributed by atoms with Gasteiger partial charge in [0.2, 0.25) is 5.88 Å². The Hall–Kier alpha value is -3.85. The summed E-state index contributed by atoms with van der Waals surface area (Å²) in [6.45, 7) is 2.66. The van der Waals surface area contributed by atoms with E-state index in [9.17, 15) is 22.5 Å². The number of nitrogens with zero attached hydrogens (tertiary/aromatic N) is 7. The van der Waals surface area contributed by atoms with Gasteiger partial charge >= 0.3 is 6.18 Å². The Morgan fingerprint density at radius 2 is 2.02 bits per heavy atom. The zero-order valence-electron chi connectivity index (χ0n) is 23.1. The van der Waals surface area contributed by atoms with E-state index in [1.807, 2.05) is 0 Å². The van der Waals surface area contributed by atoms with E-state index in [1.165, 1.54) is 32.9 Å². The molecule has 3 heterocycles. The summed E-state index contributed by atoms with van der Waals surface area (Å²) in [5, 5.41) is 2.84. The average molecular weight is 591 g/mol. The lowest BCUT2D eigenvalue weighted by Gasteiger charge is -2.29. The fraction of sp³-hybridized carbons (Fsp3) is 0.423. The fourth-order valence-electron chi connectivity index (χ4n) is 3.95. The summed E-state index contributed by atoms with van der Waals surface area (Å²) in [6, 6.07) is 1.36. The molecule has 2 unspecified atom stereocenters. The highest BCUT2D eigenvalue weighted by atomic mass is 32.2. The van der Waals surface area contributed by atoms with Crippen LogP contribution in [0.3, 0.4) is 0 Å². The largest absolute Gasteiger partial charge is 0.612 e. The third-order valence-corrected chi connectivity index (χ3v) is 7.48. The number of alkyl halides is 3. The van der Waals surface area contributed by atoms with Crippen molar-refractivity contribution in [1.29, 1.82) is 0 Å². The first kappa shape index (κ1) is 30.1.